The molecule has 0 bridgehead atoms. The Morgan fingerprint density at radius 1 is 1.10 bits per heavy atom. The molecule has 1 heterocycles. The molecule has 7 nitrogen and oxygen atoms in total. The molecule has 8 heteroatoms. The van der Waals surface area contributed by atoms with Gasteiger partial charge in [0.1, 0.15) is 11.3 Å². The molecule has 0 aliphatic carbocycles. The topological polar surface area (TPSA) is 76.4 Å². The van der Waals surface area contributed by atoms with E-state index in [0.29, 0.717) is 11.7 Å². The van der Waals surface area contributed by atoms with Gasteiger partial charge in [-0.05, 0) is 60.2 Å². The number of hydrogen-bond acceptors (Lipinski definition) is 5. The first kappa shape index (κ1) is 19.5. The van der Waals surface area contributed by atoms with Gasteiger partial charge >= 0.3 is 0 Å². The quantitative estimate of drug-likeness (QED) is 0.283. The van der Waals surface area contributed by atoms with Gasteiger partial charge in [0.15, 0.2) is 5.11 Å². The zero-order valence-corrected chi connectivity index (χ0v) is 17.1. The van der Waals surface area contributed by atoms with E-state index in [1.165, 1.54) is 0 Å². The zero-order valence-electron chi connectivity index (χ0n) is 16.3. The molecule has 0 fully saturated rings. The number of benzene rings is 3. The zero-order chi connectivity index (χ0) is 20.8. The van der Waals surface area contributed by atoms with Crippen molar-refractivity contribution in [1.29, 1.82) is 0 Å². The van der Waals surface area contributed by atoms with Gasteiger partial charge in [0.25, 0.3) is 0 Å². The SMILES string of the molecule is COc1ccc(C=NNC(=S)Nc2ccccc2)cc1Cn1nnc2ccccc21. The van der Waals surface area contributed by atoms with Crippen LogP contribution in [0.1, 0.15) is 11.1 Å². The molecule has 4 aromatic rings. The smallest absolute Gasteiger partial charge is 0.191 e. The van der Waals surface area contributed by atoms with Crippen LogP contribution < -0.4 is 15.5 Å². The third-order valence-corrected chi connectivity index (χ3v) is 4.65. The highest BCUT2D eigenvalue weighted by Crippen LogP contribution is 2.22. The van der Waals surface area contributed by atoms with Crippen LogP contribution in [0.4, 0.5) is 5.69 Å². The normalized spacial score (nSPS) is 11.0. The number of methoxy groups -OCH3 is 1. The Hall–Kier alpha value is -3.78. The number of fused-ring (bicyclic) bond motifs is 1. The summed E-state index contributed by atoms with van der Waals surface area (Å²) in [5.41, 5.74) is 7.44. The molecule has 150 valence electrons. The molecule has 0 saturated heterocycles. The average molecular weight is 417 g/mol. The summed E-state index contributed by atoms with van der Waals surface area (Å²) < 4.78 is 7.37. The van der Waals surface area contributed by atoms with Gasteiger partial charge in [-0.2, -0.15) is 5.10 Å². The van der Waals surface area contributed by atoms with Gasteiger partial charge in [-0.3, -0.25) is 5.43 Å². The van der Waals surface area contributed by atoms with E-state index in [4.69, 9.17) is 17.0 Å². The van der Waals surface area contributed by atoms with Crippen molar-refractivity contribution in [3.8, 4) is 5.75 Å². The van der Waals surface area contributed by atoms with Crippen molar-refractivity contribution in [2.45, 2.75) is 6.54 Å². The van der Waals surface area contributed by atoms with E-state index < -0.39 is 0 Å². The number of anilines is 1. The predicted molar refractivity (Wildman–Crippen MR) is 123 cm³/mol. The van der Waals surface area contributed by atoms with Gasteiger partial charge in [0, 0.05) is 11.3 Å². The van der Waals surface area contributed by atoms with E-state index in [1.54, 1.807) is 13.3 Å². The number of nitrogens with one attached hydrogen (secondary N) is 2. The second kappa shape index (κ2) is 9.15. The Labute approximate surface area is 179 Å². The minimum atomic E-state index is 0.417. The van der Waals surface area contributed by atoms with Gasteiger partial charge in [-0.15, -0.1) is 5.10 Å². The third-order valence-electron chi connectivity index (χ3n) is 4.46. The van der Waals surface area contributed by atoms with Crippen molar-refractivity contribution in [1.82, 2.24) is 20.4 Å². The maximum absolute atomic E-state index is 5.52. The lowest BCUT2D eigenvalue weighted by molar-refractivity contribution is 0.407. The lowest BCUT2D eigenvalue weighted by atomic mass is 10.1. The average Bonchev–Trinajstić information content (AvgIpc) is 3.18. The second-order valence-corrected chi connectivity index (χ2v) is 6.91. The second-order valence-electron chi connectivity index (χ2n) is 6.50. The first-order chi connectivity index (χ1) is 14.7. The summed E-state index contributed by atoms with van der Waals surface area (Å²) in [4.78, 5) is 0. The fourth-order valence-corrected chi connectivity index (χ4v) is 3.21. The van der Waals surface area contributed by atoms with E-state index in [0.717, 1.165) is 33.6 Å². The molecule has 0 aliphatic rings. The Bertz CT molecular complexity index is 1190. The lowest BCUT2D eigenvalue weighted by Crippen LogP contribution is -2.23. The van der Waals surface area contributed by atoms with Crippen LogP contribution in [0.15, 0.2) is 77.9 Å². The fraction of sp³-hybridized carbons (Fsp3) is 0.0909. The Morgan fingerprint density at radius 2 is 1.90 bits per heavy atom. The fourth-order valence-electron chi connectivity index (χ4n) is 3.04. The molecule has 0 saturated carbocycles. The highest BCUT2D eigenvalue weighted by molar-refractivity contribution is 7.80. The molecule has 0 aliphatic heterocycles. The van der Waals surface area contributed by atoms with Crippen LogP contribution in [-0.4, -0.2) is 33.4 Å². The number of nitrogens with zero attached hydrogens (tertiary/aromatic N) is 4. The van der Waals surface area contributed by atoms with Crippen molar-refractivity contribution in [3.05, 3.63) is 83.9 Å². The van der Waals surface area contributed by atoms with Gasteiger partial charge in [-0.25, -0.2) is 4.68 Å². The molecular formula is C22H20N6OS. The number of hydrogen-bond donors (Lipinski definition) is 2. The van der Waals surface area contributed by atoms with Gasteiger partial charge < -0.3 is 10.1 Å². The number of rotatable bonds is 6. The van der Waals surface area contributed by atoms with E-state index >= 15 is 0 Å². The van der Waals surface area contributed by atoms with E-state index in [2.05, 4.69) is 26.2 Å². The van der Waals surface area contributed by atoms with Crippen LogP contribution in [0.3, 0.4) is 0 Å². The molecule has 0 spiro atoms. The summed E-state index contributed by atoms with van der Waals surface area (Å²) in [6.07, 6.45) is 1.71. The van der Waals surface area contributed by atoms with Crippen molar-refractivity contribution in [2.24, 2.45) is 5.10 Å². The lowest BCUT2D eigenvalue weighted by Gasteiger charge is -2.10. The minimum absolute atomic E-state index is 0.417. The summed E-state index contributed by atoms with van der Waals surface area (Å²) in [6.45, 7) is 0.534. The van der Waals surface area contributed by atoms with Crippen molar-refractivity contribution < 1.29 is 4.74 Å². The van der Waals surface area contributed by atoms with E-state index in [9.17, 15) is 0 Å². The van der Waals surface area contributed by atoms with Gasteiger partial charge in [0.2, 0.25) is 0 Å². The number of hydrazone groups is 1. The summed E-state index contributed by atoms with van der Waals surface area (Å²) in [7, 11) is 1.65. The molecule has 30 heavy (non-hydrogen) atoms. The maximum Gasteiger partial charge on any atom is 0.191 e. The monoisotopic (exact) mass is 416 g/mol. The number of aromatic nitrogens is 3. The number of ether oxygens (including phenoxy) is 1. The Morgan fingerprint density at radius 3 is 2.73 bits per heavy atom. The third kappa shape index (κ3) is 4.61. The van der Waals surface area contributed by atoms with Gasteiger partial charge in [0.05, 0.1) is 25.4 Å². The molecule has 2 N–H and O–H groups in total. The van der Waals surface area contributed by atoms with Crippen LogP contribution in [0.5, 0.6) is 5.75 Å². The molecular weight excluding hydrogens is 396 g/mol. The Balaban J connectivity index is 1.47. The van der Waals surface area contributed by atoms with Crippen molar-refractivity contribution in [3.63, 3.8) is 0 Å². The minimum Gasteiger partial charge on any atom is -0.496 e. The predicted octanol–water partition coefficient (Wildman–Crippen LogP) is 3.81. The largest absolute Gasteiger partial charge is 0.496 e. The highest BCUT2D eigenvalue weighted by atomic mass is 32.1. The summed E-state index contributed by atoms with van der Waals surface area (Å²) in [6, 6.07) is 23.4. The van der Waals surface area contributed by atoms with Crippen LogP contribution in [-0.2, 0) is 6.54 Å². The van der Waals surface area contributed by atoms with Crippen LogP contribution in [0.2, 0.25) is 0 Å². The van der Waals surface area contributed by atoms with Crippen LogP contribution in [0.25, 0.3) is 11.0 Å². The van der Waals surface area contributed by atoms with Crippen molar-refractivity contribution >= 4 is 40.3 Å². The molecule has 1 aromatic heterocycles. The molecule has 0 radical (unpaired) electrons. The van der Waals surface area contributed by atoms with Gasteiger partial charge in [-0.1, -0.05) is 35.5 Å². The van der Waals surface area contributed by atoms with E-state index in [1.807, 2.05) is 77.5 Å². The summed E-state index contributed by atoms with van der Waals surface area (Å²) in [5, 5.41) is 16.2. The van der Waals surface area contributed by atoms with Crippen molar-refractivity contribution in [2.75, 3.05) is 12.4 Å². The van der Waals surface area contributed by atoms with Crippen LogP contribution >= 0.6 is 12.2 Å². The Kier molecular flexibility index (Phi) is 5.95. The molecule has 4 rings (SSSR count). The first-order valence-electron chi connectivity index (χ1n) is 9.33. The summed E-state index contributed by atoms with van der Waals surface area (Å²) >= 11 is 5.26. The maximum atomic E-state index is 5.52. The number of para-hydroxylation sites is 2. The van der Waals surface area contributed by atoms with E-state index in [-0.39, 0.29) is 0 Å². The molecule has 3 aromatic carbocycles. The molecule has 0 atom stereocenters. The molecule has 0 unspecified atom stereocenters. The number of thiocarbonyl (C=S) groups is 1. The standard InChI is InChI=1S/C22H20N6OS/c1-29-21-12-11-16(14-23-26-22(30)24-18-7-3-2-4-8-18)13-17(21)15-28-20-10-6-5-9-19(20)25-27-28/h2-14H,15H2,1H3,(H2,24,26,30). The van der Waals surface area contributed by atoms with Crippen LogP contribution in [0, 0.1) is 0 Å². The highest BCUT2D eigenvalue weighted by Gasteiger charge is 2.09. The first-order valence-corrected chi connectivity index (χ1v) is 9.74. The molecule has 0 amide bonds. The summed E-state index contributed by atoms with van der Waals surface area (Å²) in [5.74, 6) is 0.779.